The van der Waals surface area contributed by atoms with Crippen LogP contribution in [0.1, 0.15) is 23.4 Å². The van der Waals surface area contributed by atoms with Gasteiger partial charge < -0.3 is 14.5 Å². The summed E-state index contributed by atoms with van der Waals surface area (Å²) in [7, 11) is 0. The lowest BCUT2D eigenvalue weighted by Crippen LogP contribution is -2.34. The lowest BCUT2D eigenvalue weighted by molar-refractivity contribution is -0.154. The van der Waals surface area contributed by atoms with Gasteiger partial charge in [0.25, 0.3) is 0 Å². The molecule has 16 heavy (non-hydrogen) atoms. The van der Waals surface area contributed by atoms with E-state index in [0.717, 1.165) is 0 Å². The van der Waals surface area contributed by atoms with Gasteiger partial charge in [-0.05, 0) is 6.92 Å². The quantitative estimate of drug-likeness (QED) is 0.805. The van der Waals surface area contributed by atoms with Gasteiger partial charge in [0.1, 0.15) is 6.04 Å². The van der Waals surface area contributed by atoms with Crippen molar-refractivity contribution < 1.29 is 22.3 Å². The number of halogens is 3. The van der Waals surface area contributed by atoms with Crippen molar-refractivity contribution >= 4 is 0 Å². The lowest BCUT2D eigenvalue weighted by Gasteiger charge is -2.20. The smallest absolute Gasteiger partial charge is 0.434 e. The summed E-state index contributed by atoms with van der Waals surface area (Å²) in [5.41, 5.74) is -0.144. The Bertz CT molecular complexity index is 369. The molecule has 1 atom stereocenters. The van der Waals surface area contributed by atoms with Crippen LogP contribution in [0.15, 0.2) is 4.42 Å². The highest BCUT2D eigenvalue weighted by Gasteiger charge is 2.39. The molecule has 0 amide bonds. The van der Waals surface area contributed by atoms with Crippen LogP contribution in [-0.4, -0.2) is 24.7 Å². The average Bonchev–Trinajstić information content (AvgIpc) is 2.61. The number of oxazole rings is 1. The molecule has 2 rings (SSSR count). The molecule has 1 aliphatic rings. The van der Waals surface area contributed by atoms with Crippen LogP contribution in [0.2, 0.25) is 0 Å². The molecule has 4 nitrogen and oxygen atoms in total. The highest BCUT2D eigenvalue weighted by molar-refractivity contribution is 5.13. The molecule has 1 unspecified atom stereocenters. The number of hydrogen-bond donors (Lipinski definition) is 1. The molecule has 0 radical (unpaired) electrons. The second kappa shape index (κ2) is 4.06. The number of nitrogens with zero attached hydrogens (tertiary/aromatic N) is 1. The number of alkyl halides is 3. The maximum atomic E-state index is 12.4. The molecule has 0 saturated carbocycles. The normalized spacial score (nSPS) is 22.4. The predicted octanol–water partition coefficient (Wildman–Crippen LogP) is 1.66. The SMILES string of the molecule is Cc1nc(C2COCCN2)oc1C(F)(F)F. The summed E-state index contributed by atoms with van der Waals surface area (Å²) in [6, 6.07) is -0.399. The maximum absolute atomic E-state index is 12.4. The summed E-state index contributed by atoms with van der Waals surface area (Å²) in [5, 5.41) is 2.98. The van der Waals surface area contributed by atoms with Crippen molar-refractivity contribution in [3.05, 3.63) is 17.3 Å². The molecule has 1 N–H and O–H groups in total. The fraction of sp³-hybridized carbons (Fsp3) is 0.667. The third-order valence-corrected chi connectivity index (χ3v) is 2.29. The number of nitrogens with one attached hydrogen (secondary N) is 1. The molecule has 7 heteroatoms. The van der Waals surface area contributed by atoms with Crippen molar-refractivity contribution in [2.45, 2.75) is 19.1 Å². The molecule has 0 aliphatic carbocycles. The van der Waals surface area contributed by atoms with Crippen LogP contribution in [0.25, 0.3) is 0 Å². The number of hydrogen-bond acceptors (Lipinski definition) is 4. The third-order valence-electron chi connectivity index (χ3n) is 2.29. The summed E-state index contributed by atoms with van der Waals surface area (Å²) in [5.74, 6) is -1.00. The molecule has 2 heterocycles. The molecule has 1 saturated heterocycles. The Hall–Kier alpha value is -1.08. The Kier molecular flexibility index (Phi) is 2.90. The lowest BCUT2D eigenvalue weighted by atomic mass is 10.3. The minimum absolute atomic E-state index is 0.0320. The van der Waals surface area contributed by atoms with E-state index in [2.05, 4.69) is 10.3 Å². The fourth-order valence-corrected chi connectivity index (χ4v) is 1.55. The van der Waals surface area contributed by atoms with Crippen molar-refractivity contribution in [1.29, 1.82) is 0 Å². The van der Waals surface area contributed by atoms with Crippen LogP contribution >= 0.6 is 0 Å². The van der Waals surface area contributed by atoms with Gasteiger partial charge >= 0.3 is 6.18 Å². The third kappa shape index (κ3) is 2.19. The zero-order valence-electron chi connectivity index (χ0n) is 8.60. The first-order valence-electron chi connectivity index (χ1n) is 4.84. The van der Waals surface area contributed by atoms with Gasteiger partial charge in [0, 0.05) is 6.54 Å². The molecule has 0 bridgehead atoms. The first-order valence-corrected chi connectivity index (χ1v) is 4.84. The highest BCUT2D eigenvalue weighted by atomic mass is 19.4. The second-order valence-electron chi connectivity index (χ2n) is 3.55. The molecule has 1 aromatic rings. The topological polar surface area (TPSA) is 47.3 Å². The van der Waals surface area contributed by atoms with Gasteiger partial charge in [0.05, 0.1) is 18.9 Å². The van der Waals surface area contributed by atoms with Crippen LogP contribution in [-0.2, 0) is 10.9 Å². The van der Waals surface area contributed by atoms with Crippen LogP contribution in [0.5, 0.6) is 0 Å². The summed E-state index contributed by atoms with van der Waals surface area (Å²) in [6.07, 6.45) is -4.50. The molecule has 0 aromatic carbocycles. The largest absolute Gasteiger partial charge is 0.451 e. The van der Waals surface area contributed by atoms with Gasteiger partial charge in [-0.3, -0.25) is 0 Å². The molecule has 90 valence electrons. The molecular formula is C9H11F3N2O2. The van der Waals surface area contributed by atoms with E-state index in [1.165, 1.54) is 6.92 Å². The minimum atomic E-state index is -4.50. The fourth-order valence-electron chi connectivity index (χ4n) is 1.55. The molecule has 0 spiro atoms. The van der Waals surface area contributed by atoms with E-state index in [-0.39, 0.29) is 18.2 Å². The maximum Gasteiger partial charge on any atom is 0.451 e. The van der Waals surface area contributed by atoms with Gasteiger partial charge in [-0.2, -0.15) is 13.2 Å². The number of morpholine rings is 1. The minimum Gasteiger partial charge on any atom is -0.434 e. The Labute approximate surface area is 89.8 Å². The van der Waals surface area contributed by atoms with Crippen molar-refractivity contribution in [2.75, 3.05) is 19.8 Å². The summed E-state index contributed by atoms with van der Waals surface area (Å²) in [4.78, 5) is 3.77. The van der Waals surface area contributed by atoms with E-state index in [0.29, 0.717) is 13.2 Å². The van der Waals surface area contributed by atoms with Crippen molar-refractivity contribution in [3.8, 4) is 0 Å². The Morgan fingerprint density at radius 1 is 1.44 bits per heavy atom. The molecule has 1 aromatic heterocycles. The van der Waals surface area contributed by atoms with E-state index < -0.39 is 18.0 Å². The van der Waals surface area contributed by atoms with Gasteiger partial charge in [0.2, 0.25) is 11.7 Å². The first kappa shape index (κ1) is 11.4. The standard InChI is InChI=1S/C9H11F3N2O2/c1-5-7(9(10,11)12)16-8(14-5)6-4-15-3-2-13-6/h6,13H,2-4H2,1H3. The average molecular weight is 236 g/mol. The monoisotopic (exact) mass is 236 g/mol. The summed E-state index contributed by atoms with van der Waals surface area (Å²) < 4.78 is 47.2. The summed E-state index contributed by atoms with van der Waals surface area (Å²) in [6.45, 7) is 2.67. The Morgan fingerprint density at radius 2 is 2.19 bits per heavy atom. The molecule has 1 aliphatic heterocycles. The van der Waals surface area contributed by atoms with Crippen LogP contribution in [0.4, 0.5) is 13.2 Å². The predicted molar refractivity (Wildman–Crippen MR) is 47.8 cm³/mol. The Morgan fingerprint density at radius 3 is 2.69 bits per heavy atom. The number of aromatic nitrogens is 1. The van der Waals surface area contributed by atoms with E-state index in [1.54, 1.807) is 0 Å². The number of ether oxygens (including phenoxy) is 1. The highest BCUT2D eigenvalue weighted by Crippen LogP contribution is 2.33. The zero-order chi connectivity index (χ0) is 11.8. The summed E-state index contributed by atoms with van der Waals surface area (Å²) >= 11 is 0. The van der Waals surface area contributed by atoms with Crippen LogP contribution in [0, 0.1) is 6.92 Å². The van der Waals surface area contributed by atoms with E-state index >= 15 is 0 Å². The van der Waals surface area contributed by atoms with E-state index in [1.807, 2.05) is 0 Å². The number of rotatable bonds is 1. The molecule has 1 fully saturated rings. The van der Waals surface area contributed by atoms with Gasteiger partial charge in [0.15, 0.2) is 0 Å². The molecular weight excluding hydrogens is 225 g/mol. The van der Waals surface area contributed by atoms with Crippen molar-refractivity contribution in [2.24, 2.45) is 0 Å². The van der Waals surface area contributed by atoms with Gasteiger partial charge in [-0.1, -0.05) is 0 Å². The van der Waals surface area contributed by atoms with Crippen LogP contribution in [0.3, 0.4) is 0 Å². The van der Waals surface area contributed by atoms with E-state index in [4.69, 9.17) is 9.15 Å². The van der Waals surface area contributed by atoms with Gasteiger partial charge in [-0.15, -0.1) is 0 Å². The number of aryl methyl sites for hydroxylation is 1. The van der Waals surface area contributed by atoms with Crippen molar-refractivity contribution in [1.82, 2.24) is 10.3 Å². The van der Waals surface area contributed by atoms with Gasteiger partial charge in [-0.25, -0.2) is 4.98 Å². The second-order valence-corrected chi connectivity index (χ2v) is 3.55. The van der Waals surface area contributed by atoms with E-state index in [9.17, 15) is 13.2 Å². The first-order chi connectivity index (χ1) is 7.48. The van der Waals surface area contributed by atoms with Crippen molar-refractivity contribution in [3.63, 3.8) is 0 Å². The van der Waals surface area contributed by atoms with Crippen LogP contribution < -0.4 is 5.32 Å². The Balaban J connectivity index is 2.23. The zero-order valence-corrected chi connectivity index (χ0v) is 8.60.